The average molecular weight is 319 g/mol. The van der Waals surface area contributed by atoms with Gasteiger partial charge in [-0.3, -0.25) is 0 Å². The highest BCUT2D eigenvalue weighted by Gasteiger charge is 2.11. The SMILES string of the molecule is CCC(C)C(=O)ONc1ccc(I)cc1. The summed E-state index contributed by atoms with van der Waals surface area (Å²) < 4.78 is 1.14. The van der Waals surface area contributed by atoms with E-state index in [9.17, 15) is 4.79 Å². The molecule has 4 heteroatoms. The van der Waals surface area contributed by atoms with Crippen LogP contribution in [0.4, 0.5) is 5.69 Å². The summed E-state index contributed by atoms with van der Waals surface area (Å²) in [5.41, 5.74) is 3.42. The van der Waals surface area contributed by atoms with E-state index in [1.807, 2.05) is 38.1 Å². The van der Waals surface area contributed by atoms with E-state index in [2.05, 4.69) is 28.1 Å². The second-order valence-electron chi connectivity index (χ2n) is 3.34. The van der Waals surface area contributed by atoms with Gasteiger partial charge in [-0.1, -0.05) is 13.8 Å². The molecule has 0 aliphatic heterocycles. The largest absolute Gasteiger partial charge is 0.343 e. The Labute approximate surface area is 103 Å². The van der Waals surface area contributed by atoms with Gasteiger partial charge in [-0.15, -0.1) is 0 Å². The number of benzene rings is 1. The maximum atomic E-state index is 11.3. The Morgan fingerprint density at radius 1 is 1.47 bits per heavy atom. The van der Waals surface area contributed by atoms with Crippen molar-refractivity contribution in [2.24, 2.45) is 5.92 Å². The Bertz CT molecular complexity index is 324. The minimum atomic E-state index is -0.226. The van der Waals surface area contributed by atoms with Gasteiger partial charge in [-0.25, -0.2) is 10.3 Å². The monoisotopic (exact) mass is 319 g/mol. The first-order valence-corrected chi connectivity index (χ1v) is 5.93. The number of halogens is 1. The first kappa shape index (κ1) is 12.3. The van der Waals surface area contributed by atoms with Gasteiger partial charge >= 0.3 is 5.97 Å². The molecule has 82 valence electrons. The maximum Gasteiger partial charge on any atom is 0.334 e. The fourth-order valence-corrected chi connectivity index (χ4v) is 1.25. The van der Waals surface area contributed by atoms with Crippen LogP contribution >= 0.6 is 22.6 Å². The number of carbonyl (C=O) groups is 1. The predicted octanol–water partition coefficient (Wildman–Crippen LogP) is 3.21. The van der Waals surface area contributed by atoms with Crippen LogP contribution in [0.2, 0.25) is 0 Å². The van der Waals surface area contributed by atoms with Crippen molar-refractivity contribution < 1.29 is 9.63 Å². The third-order valence-corrected chi connectivity index (χ3v) is 2.85. The summed E-state index contributed by atoms with van der Waals surface area (Å²) in [4.78, 5) is 16.3. The van der Waals surface area contributed by atoms with E-state index in [1.165, 1.54) is 0 Å². The summed E-state index contributed by atoms with van der Waals surface area (Å²) in [6.07, 6.45) is 0.785. The van der Waals surface area contributed by atoms with E-state index < -0.39 is 0 Å². The molecule has 1 atom stereocenters. The van der Waals surface area contributed by atoms with Crippen molar-refractivity contribution in [1.82, 2.24) is 0 Å². The van der Waals surface area contributed by atoms with Gasteiger partial charge in [0.05, 0.1) is 11.6 Å². The first-order chi connectivity index (χ1) is 7.13. The lowest BCUT2D eigenvalue weighted by atomic mass is 10.1. The third-order valence-electron chi connectivity index (χ3n) is 2.13. The zero-order chi connectivity index (χ0) is 11.3. The lowest BCUT2D eigenvalue weighted by Gasteiger charge is -2.10. The molecule has 3 nitrogen and oxygen atoms in total. The minimum Gasteiger partial charge on any atom is -0.343 e. The highest BCUT2D eigenvalue weighted by molar-refractivity contribution is 14.1. The Hall–Kier alpha value is -0.780. The van der Waals surface area contributed by atoms with Crippen LogP contribution in [0.1, 0.15) is 20.3 Å². The Morgan fingerprint density at radius 3 is 2.60 bits per heavy atom. The highest BCUT2D eigenvalue weighted by Crippen LogP contribution is 2.12. The van der Waals surface area contributed by atoms with Crippen LogP contribution < -0.4 is 5.48 Å². The quantitative estimate of drug-likeness (QED) is 0.684. The summed E-state index contributed by atoms with van der Waals surface area (Å²) in [7, 11) is 0. The second-order valence-corrected chi connectivity index (χ2v) is 4.58. The van der Waals surface area contributed by atoms with Crippen LogP contribution in [0.5, 0.6) is 0 Å². The van der Waals surface area contributed by atoms with Gasteiger partial charge in [0, 0.05) is 3.57 Å². The van der Waals surface area contributed by atoms with Gasteiger partial charge in [0.15, 0.2) is 0 Å². The third kappa shape index (κ3) is 4.07. The zero-order valence-corrected chi connectivity index (χ0v) is 10.9. The van der Waals surface area contributed by atoms with E-state index >= 15 is 0 Å². The van der Waals surface area contributed by atoms with E-state index in [4.69, 9.17) is 4.84 Å². The number of rotatable bonds is 4. The van der Waals surface area contributed by atoms with Crippen molar-refractivity contribution in [3.8, 4) is 0 Å². The van der Waals surface area contributed by atoms with Crippen LogP contribution in [0.25, 0.3) is 0 Å². The maximum absolute atomic E-state index is 11.3. The lowest BCUT2D eigenvalue weighted by molar-refractivity contribution is -0.144. The van der Waals surface area contributed by atoms with Gasteiger partial charge in [0.25, 0.3) is 0 Å². The lowest BCUT2D eigenvalue weighted by Crippen LogP contribution is -2.17. The summed E-state index contributed by atoms with van der Waals surface area (Å²) in [6, 6.07) is 7.62. The molecule has 1 rings (SSSR count). The molecule has 1 aromatic carbocycles. The highest BCUT2D eigenvalue weighted by atomic mass is 127. The minimum absolute atomic E-state index is 0.0682. The molecule has 1 aromatic rings. The first-order valence-electron chi connectivity index (χ1n) is 4.85. The number of nitrogens with one attached hydrogen (secondary N) is 1. The predicted molar refractivity (Wildman–Crippen MR) is 68.3 cm³/mol. The smallest absolute Gasteiger partial charge is 0.334 e. The molecule has 0 aromatic heterocycles. The van der Waals surface area contributed by atoms with Crippen LogP contribution in [-0.4, -0.2) is 5.97 Å². The molecule has 1 unspecified atom stereocenters. The number of hydrogen-bond acceptors (Lipinski definition) is 3. The number of carbonyl (C=O) groups excluding carboxylic acids is 1. The average Bonchev–Trinajstić information content (AvgIpc) is 2.26. The summed E-state index contributed by atoms with van der Waals surface area (Å²) in [6.45, 7) is 3.80. The Morgan fingerprint density at radius 2 is 2.07 bits per heavy atom. The Kier molecular flexibility index (Phi) is 4.87. The van der Waals surface area contributed by atoms with Gasteiger partial charge < -0.3 is 4.84 Å². The molecule has 0 fully saturated rings. The molecule has 1 N–H and O–H groups in total. The standard InChI is InChI=1S/C11H14INO2/c1-3-8(2)11(14)15-13-10-6-4-9(12)5-7-10/h4-8,13H,3H2,1-2H3. The topological polar surface area (TPSA) is 38.3 Å². The van der Waals surface area contributed by atoms with Crippen molar-refractivity contribution in [3.05, 3.63) is 27.8 Å². The van der Waals surface area contributed by atoms with Gasteiger partial charge in [-0.05, 0) is 53.3 Å². The molecule has 0 bridgehead atoms. The van der Waals surface area contributed by atoms with Crippen LogP contribution in [0.15, 0.2) is 24.3 Å². The fraction of sp³-hybridized carbons (Fsp3) is 0.364. The molecular weight excluding hydrogens is 305 g/mol. The summed E-state index contributed by atoms with van der Waals surface area (Å²) in [5, 5.41) is 0. The van der Waals surface area contributed by atoms with Crippen LogP contribution in [0.3, 0.4) is 0 Å². The molecule has 0 aliphatic carbocycles. The van der Waals surface area contributed by atoms with E-state index in [-0.39, 0.29) is 11.9 Å². The van der Waals surface area contributed by atoms with Crippen LogP contribution in [0, 0.1) is 9.49 Å². The van der Waals surface area contributed by atoms with Gasteiger partial charge in [-0.2, -0.15) is 0 Å². The molecule has 0 saturated heterocycles. The number of anilines is 1. The zero-order valence-electron chi connectivity index (χ0n) is 8.79. The molecule has 0 radical (unpaired) electrons. The van der Waals surface area contributed by atoms with Crippen molar-refractivity contribution in [3.63, 3.8) is 0 Å². The van der Waals surface area contributed by atoms with E-state index in [0.717, 1.165) is 15.7 Å². The van der Waals surface area contributed by atoms with E-state index in [1.54, 1.807) is 0 Å². The molecule has 0 amide bonds. The normalized spacial score (nSPS) is 11.9. The van der Waals surface area contributed by atoms with E-state index in [0.29, 0.717) is 0 Å². The van der Waals surface area contributed by atoms with Gasteiger partial charge in [0.2, 0.25) is 0 Å². The van der Waals surface area contributed by atoms with Gasteiger partial charge in [0.1, 0.15) is 0 Å². The van der Waals surface area contributed by atoms with Crippen LogP contribution in [-0.2, 0) is 9.63 Å². The van der Waals surface area contributed by atoms with Crippen molar-refractivity contribution in [2.75, 3.05) is 5.48 Å². The fourth-order valence-electron chi connectivity index (χ4n) is 0.894. The van der Waals surface area contributed by atoms with Crippen molar-refractivity contribution >= 4 is 34.2 Å². The Balaban J connectivity index is 2.43. The van der Waals surface area contributed by atoms with Crippen molar-refractivity contribution in [1.29, 1.82) is 0 Å². The summed E-state index contributed by atoms with van der Waals surface area (Å²) in [5.74, 6) is -0.294. The molecule has 0 spiro atoms. The molecule has 0 saturated carbocycles. The summed E-state index contributed by atoms with van der Waals surface area (Å²) >= 11 is 2.22. The molecule has 0 heterocycles. The molecule has 0 aliphatic rings. The van der Waals surface area contributed by atoms with Crippen molar-refractivity contribution in [2.45, 2.75) is 20.3 Å². The second kappa shape index (κ2) is 5.95. The molecular formula is C11H14INO2. The molecule has 15 heavy (non-hydrogen) atoms. The number of hydrogen-bond donors (Lipinski definition) is 1.